The largest absolute Gasteiger partial charge is 0.293 e. The molecule has 0 bridgehead atoms. The van der Waals surface area contributed by atoms with Crippen LogP contribution < -0.4 is 0 Å². The number of hydrogen-bond donors (Lipinski definition) is 0. The van der Waals surface area contributed by atoms with E-state index in [1.807, 2.05) is 0 Å². The van der Waals surface area contributed by atoms with Crippen LogP contribution >= 0.6 is 0 Å². The maximum absolute atomic E-state index is 12.1. The van der Waals surface area contributed by atoms with Crippen LogP contribution in [0.25, 0.3) is 0 Å². The summed E-state index contributed by atoms with van der Waals surface area (Å²) in [6, 6.07) is -0.820. The number of amides is 1. The first-order valence-corrected chi connectivity index (χ1v) is 5.54. The van der Waals surface area contributed by atoms with Gasteiger partial charge in [-0.2, -0.15) is 5.10 Å². The molecule has 0 saturated carbocycles. The van der Waals surface area contributed by atoms with E-state index in [4.69, 9.17) is 0 Å². The zero-order chi connectivity index (χ0) is 13.6. The SMILES string of the molecule is CC(=O)C1=NN(C(C)=O)[C@H]2C(=O)C(C)=NC(C)=C12. The van der Waals surface area contributed by atoms with Crippen LogP contribution in [-0.2, 0) is 14.4 Å². The second-order valence-corrected chi connectivity index (χ2v) is 4.33. The van der Waals surface area contributed by atoms with Crippen molar-refractivity contribution in [3.63, 3.8) is 0 Å². The van der Waals surface area contributed by atoms with Crippen LogP contribution in [0.15, 0.2) is 21.4 Å². The minimum Gasteiger partial charge on any atom is -0.293 e. The lowest BCUT2D eigenvalue weighted by Gasteiger charge is -2.23. The number of fused-ring (bicyclic) bond motifs is 1. The van der Waals surface area contributed by atoms with Crippen molar-refractivity contribution < 1.29 is 14.4 Å². The second-order valence-electron chi connectivity index (χ2n) is 4.33. The number of ketones is 2. The van der Waals surface area contributed by atoms with Crippen LogP contribution in [0.2, 0.25) is 0 Å². The van der Waals surface area contributed by atoms with Gasteiger partial charge in [0, 0.05) is 25.1 Å². The Kier molecular flexibility index (Phi) is 2.73. The fourth-order valence-electron chi connectivity index (χ4n) is 2.16. The Balaban J connectivity index is 2.64. The summed E-state index contributed by atoms with van der Waals surface area (Å²) in [7, 11) is 0. The summed E-state index contributed by atoms with van der Waals surface area (Å²) in [6.07, 6.45) is 0. The number of Topliss-reactive ketones (excluding diaryl/α,β-unsaturated/α-hetero) is 2. The molecule has 0 N–H and O–H groups in total. The third-order valence-electron chi connectivity index (χ3n) is 2.97. The molecule has 6 heteroatoms. The maximum Gasteiger partial charge on any atom is 0.240 e. The molecule has 0 saturated heterocycles. The monoisotopic (exact) mass is 247 g/mol. The lowest BCUT2D eigenvalue weighted by molar-refractivity contribution is -0.133. The number of carbonyl (C=O) groups is 3. The molecule has 2 heterocycles. The summed E-state index contributed by atoms with van der Waals surface area (Å²) in [5.41, 5.74) is 1.49. The molecule has 0 spiro atoms. The van der Waals surface area contributed by atoms with Crippen LogP contribution in [0.5, 0.6) is 0 Å². The highest BCUT2D eigenvalue weighted by molar-refractivity contribution is 6.51. The van der Waals surface area contributed by atoms with Crippen LogP contribution in [0.1, 0.15) is 27.7 Å². The Labute approximate surface area is 104 Å². The minimum absolute atomic E-state index is 0.150. The Morgan fingerprint density at radius 2 is 1.83 bits per heavy atom. The van der Waals surface area contributed by atoms with Crippen LogP contribution in [0.3, 0.4) is 0 Å². The van der Waals surface area contributed by atoms with Gasteiger partial charge in [0.1, 0.15) is 11.8 Å². The van der Waals surface area contributed by atoms with E-state index in [9.17, 15) is 14.4 Å². The molecule has 2 aliphatic heterocycles. The smallest absolute Gasteiger partial charge is 0.240 e. The molecule has 0 radical (unpaired) electrons. The van der Waals surface area contributed by atoms with Crippen molar-refractivity contribution in [2.75, 3.05) is 0 Å². The zero-order valence-corrected chi connectivity index (χ0v) is 10.6. The van der Waals surface area contributed by atoms with Crippen molar-refractivity contribution in [3.8, 4) is 0 Å². The third kappa shape index (κ3) is 1.61. The van der Waals surface area contributed by atoms with E-state index >= 15 is 0 Å². The Hall–Kier alpha value is -2.11. The molecule has 2 rings (SSSR count). The quantitative estimate of drug-likeness (QED) is 0.676. The fourth-order valence-corrected chi connectivity index (χ4v) is 2.16. The summed E-state index contributed by atoms with van der Waals surface area (Å²) in [5.74, 6) is -0.934. The number of carbonyl (C=O) groups excluding carboxylic acids is 3. The molecule has 18 heavy (non-hydrogen) atoms. The summed E-state index contributed by atoms with van der Waals surface area (Å²) >= 11 is 0. The molecule has 0 fully saturated rings. The maximum atomic E-state index is 12.1. The van der Waals surface area contributed by atoms with Gasteiger partial charge < -0.3 is 0 Å². The highest BCUT2D eigenvalue weighted by Crippen LogP contribution is 2.29. The van der Waals surface area contributed by atoms with Gasteiger partial charge in [0.2, 0.25) is 11.7 Å². The van der Waals surface area contributed by atoms with E-state index in [1.54, 1.807) is 13.8 Å². The molecular weight excluding hydrogens is 234 g/mol. The number of hydrogen-bond acceptors (Lipinski definition) is 5. The Morgan fingerprint density at radius 3 is 2.33 bits per heavy atom. The first-order valence-electron chi connectivity index (χ1n) is 5.54. The molecule has 0 aromatic rings. The second kappa shape index (κ2) is 3.97. The summed E-state index contributed by atoms with van der Waals surface area (Å²) in [5, 5.41) is 5.03. The number of allylic oxidation sites excluding steroid dienone is 1. The molecule has 0 unspecified atom stereocenters. The molecule has 0 aromatic heterocycles. The molecule has 0 aliphatic carbocycles. The van der Waals surface area contributed by atoms with E-state index in [-0.39, 0.29) is 23.2 Å². The van der Waals surface area contributed by atoms with Gasteiger partial charge in [-0.3, -0.25) is 19.4 Å². The predicted octanol–water partition coefficient (Wildman–Crippen LogP) is 0.480. The van der Waals surface area contributed by atoms with E-state index in [0.29, 0.717) is 17.0 Å². The van der Waals surface area contributed by atoms with Gasteiger partial charge in [0.25, 0.3) is 0 Å². The van der Waals surface area contributed by atoms with E-state index in [0.717, 1.165) is 5.01 Å². The first kappa shape index (κ1) is 12.3. The van der Waals surface area contributed by atoms with Crippen molar-refractivity contribution in [1.29, 1.82) is 0 Å². The van der Waals surface area contributed by atoms with Crippen molar-refractivity contribution >= 4 is 28.9 Å². The molecule has 2 aliphatic rings. The average Bonchev–Trinajstić information content (AvgIpc) is 2.66. The molecule has 94 valence electrons. The van der Waals surface area contributed by atoms with Gasteiger partial charge in [0.15, 0.2) is 5.78 Å². The van der Waals surface area contributed by atoms with E-state index in [1.165, 1.54) is 13.8 Å². The number of nitrogens with zero attached hydrogens (tertiary/aromatic N) is 3. The average molecular weight is 247 g/mol. The Morgan fingerprint density at radius 1 is 1.22 bits per heavy atom. The van der Waals surface area contributed by atoms with E-state index < -0.39 is 6.04 Å². The molecule has 0 aromatic carbocycles. The lowest BCUT2D eigenvalue weighted by atomic mass is 9.91. The summed E-state index contributed by atoms with van der Waals surface area (Å²) < 4.78 is 0. The minimum atomic E-state index is -0.820. The molecular formula is C12H13N3O3. The van der Waals surface area contributed by atoms with Gasteiger partial charge in [-0.15, -0.1) is 0 Å². The van der Waals surface area contributed by atoms with Gasteiger partial charge in [-0.25, -0.2) is 5.01 Å². The lowest BCUT2D eigenvalue weighted by Crippen LogP contribution is -2.43. The molecule has 6 nitrogen and oxygen atoms in total. The van der Waals surface area contributed by atoms with Crippen molar-refractivity contribution in [3.05, 3.63) is 11.3 Å². The Bertz CT molecular complexity index is 569. The fraction of sp³-hybridized carbons (Fsp3) is 0.417. The third-order valence-corrected chi connectivity index (χ3v) is 2.97. The summed E-state index contributed by atoms with van der Waals surface area (Å²) in [4.78, 5) is 39.3. The van der Waals surface area contributed by atoms with Crippen molar-refractivity contribution in [1.82, 2.24) is 5.01 Å². The van der Waals surface area contributed by atoms with Gasteiger partial charge >= 0.3 is 0 Å². The van der Waals surface area contributed by atoms with Gasteiger partial charge in [0.05, 0.1) is 5.71 Å². The van der Waals surface area contributed by atoms with Crippen molar-refractivity contribution in [2.45, 2.75) is 33.7 Å². The molecule has 1 atom stereocenters. The zero-order valence-electron chi connectivity index (χ0n) is 10.6. The number of hydrazone groups is 1. The van der Waals surface area contributed by atoms with Crippen molar-refractivity contribution in [2.24, 2.45) is 10.1 Å². The topological polar surface area (TPSA) is 79.2 Å². The van der Waals surface area contributed by atoms with Crippen LogP contribution in [-0.4, -0.2) is 39.9 Å². The van der Waals surface area contributed by atoms with E-state index in [2.05, 4.69) is 10.1 Å². The highest BCUT2D eigenvalue weighted by atomic mass is 16.2. The molecule has 1 amide bonds. The number of aliphatic imine (C=N–C) groups is 1. The van der Waals surface area contributed by atoms with Gasteiger partial charge in [-0.1, -0.05) is 0 Å². The number of rotatable bonds is 1. The summed E-state index contributed by atoms with van der Waals surface area (Å²) in [6.45, 7) is 5.97. The van der Waals surface area contributed by atoms with Crippen LogP contribution in [0, 0.1) is 0 Å². The van der Waals surface area contributed by atoms with Crippen LogP contribution in [0.4, 0.5) is 0 Å². The normalized spacial score (nSPS) is 22.8. The predicted molar refractivity (Wildman–Crippen MR) is 65.2 cm³/mol. The first-order chi connectivity index (χ1) is 8.34. The van der Waals surface area contributed by atoms with Gasteiger partial charge in [-0.05, 0) is 13.8 Å². The standard InChI is InChI=1S/C12H13N3O3/c1-5-9-10(7(3)16)14-15(8(4)17)11(9)12(18)6(2)13-5/h11H,1-4H3/t11-/m1/s1. The highest BCUT2D eigenvalue weighted by Gasteiger charge is 2.44.